The average molecular weight is 374 g/mol. The third kappa shape index (κ3) is 4.28. The largest absolute Gasteiger partial charge is 0.354 e. The van der Waals surface area contributed by atoms with Crippen molar-refractivity contribution < 1.29 is 9.59 Å². The summed E-state index contributed by atoms with van der Waals surface area (Å²) >= 11 is 4.86. The smallest absolute Gasteiger partial charge is 0.265 e. The Kier molecular flexibility index (Phi) is 6.20. The first kappa shape index (κ1) is 16.5. The van der Waals surface area contributed by atoms with E-state index in [1.165, 1.54) is 11.3 Å². The van der Waals surface area contributed by atoms with Gasteiger partial charge in [-0.25, -0.2) is 0 Å². The van der Waals surface area contributed by atoms with E-state index in [-0.39, 0.29) is 17.9 Å². The first-order valence-corrected chi connectivity index (χ1v) is 8.81. The first-order chi connectivity index (χ1) is 10.1. The highest BCUT2D eigenvalue weighted by Gasteiger charge is 2.29. The Labute approximate surface area is 137 Å². The minimum Gasteiger partial charge on any atom is -0.354 e. The predicted molar refractivity (Wildman–Crippen MR) is 87.4 cm³/mol. The van der Waals surface area contributed by atoms with Crippen LogP contribution in [0.5, 0.6) is 0 Å². The molecule has 1 aliphatic heterocycles. The Bertz CT molecular complexity index is 506. The highest BCUT2D eigenvalue weighted by Crippen LogP contribution is 2.27. The van der Waals surface area contributed by atoms with Crippen LogP contribution in [0, 0.1) is 0 Å². The van der Waals surface area contributed by atoms with Crippen LogP contribution in [0.2, 0.25) is 0 Å². The van der Waals surface area contributed by atoms with Crippen molar-refractivity contribution in [3.8, 4) is 0 Å². The lowest BCUT2D eigenvalue weighted by Gasteiger charge is -2.35. The van der Waals surface area contributed by atoms with Crippen molar-refractivity contribution in [2.45, 2.75) is 31.7 Å². The van der Waals surface area contributed by atoms with Crippen LogP contribution in [-0.4, -0.2) is 42.4 Å². The van der Waals surface area contributed by atoms with Gasteiger partial charge in [0.1, 0.15) is 4.88 Å². The van der Waals surface area contributed by atoms with Crippen molar-refractivity contribution in [3.05, 3.63) is 20.8 Å². The van der Waals surface area contributed by atoms with Crippen molar-refractivity contribution in [2.75, 3.05) is 19.6 Å². The maximum Gasteiger partial charge on any atom is 0.265 e. The van der Waals surface area contributed by atoms with Gasteiger partial charge in [-0.15, -0.1) is 11.3 Å². The number of nitrogens with zero attached hydrogens (tertiary/aromatic N) is 1. The molecule has 0 spiro atoms. The van der Waals surface area contributed by atoms with Gasteiger partial charge in [-0.1, -0.05) is 0 Å². The summed E-state index contributed by atoms with van der Waals surface area (Å²) in [5, 5.41) is 4.78. The molecule has 1 unspecified atom stereocenters. The molecule has 2 heterocycles. The molecule has 0 bridgehead atoms. The molecule has 0 saturated carbocycles. The minimum atomic E-state index is -0.0484. The van der Waals surface area contributed by atoms with Gasteiger partial charge in [0.25, 0.3) is 5.91 Å². The molecule has 2 rings (SSSR count). The predicted octanol–water partition coefficient (Wildman–Crippen LogP) is 1.97. The number of piperidine rings is 1. The summed E-state index contributed by atoms with van der Waals surface area (Å²) < 4.78 is 0.842. The molecule has 1 aromatic heterocycles. The second kappa shape index (κ2) is 7.91. The van der Waals surface area contributed by atoms with E-state index < -0.39 is 0 Å². The Morgan fingerprint density at radius 3 is 2.95 bits per heavy atom. The summed E-state index contributed by atoms with van der Waals surface area (Å²) in [7, 11) is 0. The number of rotatable bonds is 5. The third-order valence-electron chi connectivity index (χ3n) is 3.61. The van der Waals surface area contributed by atoms with Gasteiger partial charge in [0, 0.05) is 36.6 Å². The maximum atomic E-state index is 12.6. The van der Waals surface area contributed by atoms with Crippen molar-refractivity contribution in [1.82, 2.24) is 10.2 Å². The maximum absolute atomic E-state index is 12.6. The molecule has 1 aliphatic rings. The monoisotopic (exact) mass is 373 g/mol. The lowest BCUT2D eigenvalue weighted by atomic mass is 10.0. The number of nitrogens with two attached hydrogens (primary N) is 1. The summed E-state index contributed by atoms with van der Waals surface area (Å²) in [5.41, 5.74) is 5.37. The molecule has 3 N–H and O–H groups in total. The molecule has 0 radical (unpaired) electrons. The lowest BCUT2D eigenvalue weighted by Crippen LogP contribution is -2.49. The minimum absolute atomic E-state index is 0.0484. The molecule has 1 aromatic rings. The number of likely N-dealkylation sites (tertiary alicyclic amines) is 1. The number of carbonyl (C=O) groups excluding carboxylic acids is 2. The second-order valence-electron chi connectivity index (χ2n) is 5.09. The molecule has 0 aliphatic carbocycles. The number of hydrogen-bond acceptors (Lipinski definition) is 4. The number of hydrogen-bond donors (Lipinski definition) is 2. The summed E-state index contributed by atoms with van der Waals surface area (Å²) in [6, 6.07) is 1.96. The van der Waals surface area contributed by atoms with E-state index in [0.717, 1.165) is 35.2 Å². The van der Waals surface area contributed by atoms with E-state index in [9.17, 15) is 9.59 Å². The zero-order valence-corrected chi connectivity index (χ0v) is 14.2. The Balaban J connectivity index is 2.00. The van der Waals surface area contributed by atoms with Crippen LogP contribution in [0.3, 0.4) is 0 Å². The van der Waals surface area contributed by atoms with E-state index in [1.807, 2.05) is 16.3 Å². The molecule has 5 nitrogen and oxygen atoms in total. The molecule has 116 valence electrons. The molecule has 21 heavy (non-hydrogen) atoms. The van der Waals surface area contributed by atoms with Gasteiger partial charge in [0.05, 0.1) is 0 Å². The zero-order valence-electron chi connectivity index (χ0n) is 11.8. The highest BCUT2D eigenvalue weighted by atomic mass is 79.9. The van der Waals surface area contributed by atoms with Gasteiger partial charge in [-0.05, 0) is 46.6 Å². The summed E-state index contributed by atoms with van der Waals surface area (Å²) in [4.78, 5) is 26.8. The van der Waals surface area contributed by atoms with E-state index >= 15 is 0 Å². The first-order valence-electron chi connectivity index (χ1n) is 7.14. The van der Waals surface area contributed by atoms with Crippen LogP contribution in [0.1, 0.15) is 35.4 Å². The van der Waals surface area contributed by atoms with E-state index in [1.54, 1.807) is 0 Å². The topological polar surface area (TPSA) is 75.4 Å². The fourth-order valence-electron chi connectivity index (χ4n) is 2.51. The van der Waals surface area contributed by atoms with Gasteiger partial charge >= 0.3 is 0 Å². The van der Waals surface area contributed by atoms with Crippen LogP contribution >= 0.6 is 27.3 Å². The Hall–Kier alpha value is -0.920. The van der Waals surface area contributed by atoms with Crippen LogP contribution in [0.4, 0.5) is 0 Å². The summed E-state index contributed by atoms with van der Waals surface area (Å²) in [6.45, 7) is 1.61. The quantitative estimate of drug-likeness (QED) is 0.828. The molecule has 1 atom stereocenters. The van der Waals surface area contributed by atoms with Crippen LogP contribution in [-0.2, 0) is 4.79 Å². The molecule has 7 heteroatoms. The summed E-state index contributed by atoms with van der Waals surface area (Å²) in [5.74, 6) is 0.00225. The number of thiophene rings is 1. The number of carbonyl (C=O) groups is 2. The van der Waals surface area contributed by atoms with Gasteiger partial charge < -0.3 is 16.0 Å². The normalized spacial score (nSPS) is 18.6. The van der Waals surface area contributed by atoms with Gasteiger partial charge in [-0.3, -0.25) is 9.59 Å². The van der Waals surface area contributed by atoms with Crippen LogP contribution < -0.4 is 11.1 Å². The molecule has 1 saturated heterocycles. The van der Waals surface area contributed by atoms with Gasteiger partial charge in [-0.2, -0.15) is 0 Å². The standard InChI is InChI=1S/C14H20BrN3O2S/c15-11-5-8-21-13(11)14(20)18-7-2-1-3-10(18)9-17-12(19)4-6-16/h5,8,10H,1-4,6-7,9,16H2,(H,17,19). The Morgan fingerprint density at radius 2 is 2.29 bits per heavy atom. The molecule has 2 amide bonds. The van der Waals surface area contributed by atoms with Gasteiger partial charge in [0.15, 0.2) is 0 Å². The number of nitrogens with one attached hydrogen (secondary N) is 1. The van der Waals surface area contributed by atoms with E-state index in [0.29, 0.717) is 19.5 Å². The van der Waals surface area contributed by atoms with Crippen molar-refractivity contribution in [1.29, 1.82) is 0 Å². The van der Waals surface area contributed by atoms with Crippen molar-refractivity contribution in [3.63, 3.8) is 0 Å². The second-order valence-corrected chi connectivity index (χ2v) is 6.86. The number of amides is 2. The SMILES string of the molecule is NCCC(=O)NCC1CCCCN1C(=O)c1sccc1Br. The summed E-state index contributed by atoms with van der Waals surface area (Å²) in [6.07, 6.45) is 3.36. The molecule has 1 fully saturated rings. The average Bonchev–Trinajstić information content (AvgIpc) is 2.91. The fourth-order valence-corrected chi connectivity index (χ4v) is 4.00. The van der Waals surface area contributed by atoms with Crippen LogP contribution in [0.25, 0.3) is 0 Å². The number of halogens is 1. The fraction of sp³-hybridized carbons (Fsp3) is 0.571. The Morgan fingerprint density at radius 1 is 1.48 bits per heavy atom. The van der Waals surface area contributed by atoms with Crippen LogP contribution in [0.15, 0.2) is 15.9 Å². The highest BCUT2D eigenvalue weighted by molar-refractivity contribution is 9.10. The molecule has 0 aromatic carbocycles. The zero-order chi connectivity index (χ0) is 15.2. The van der Waals surface area contributed by atoms with E-state index in [4.69, 9.17) is 5.73 Å². The van der Waals surface area contributed by atoms with Gasteiger partial charge in [0.2, 0.25) is 5.91 Å². The molecular weight excluding hydrogens is 354 g/mol. The van der Waals surface area contributed by atoms with Crippen molar-refractivity contribution in [2.24, 2.45) is 5.73 Å². The lowest BCUT2D eigenvalue weighted by molar-refractivity contribution is -0.121. The van der Waals surface area contributed by atoms with Crippen molar-refractivity contribution >= 4 is 39.1 Å². The third-order valence-corrected chi connectivity index (χ3v) is 5.43. The van der Waals surface area contributed by atoms with E-state index in [2.05, 4.69) is 21.2 Å². The molecular formula is C14H20BrN3O2S.